The first kappa shape index (κ1) is 26.3. The molecule has 4 fully saturated rings. The van der Waals surface area contributed by atoms with Crippen molar-refractivity contribution in [2.75, 3.05) is 20.1 Å². The number of nitrogens with one attached hydrogen (secondary N) is 1. The van der Waals surface area contributed by atoms with Gasteiger partial charge in [-0.15, -0.1) is 0 Å². The Morgan fingerprint density at radius 3 is 2.72 bits per heavy atom. The number of amides is 2. The Bertz CT molecular complexity index is 885. The third kappa shape index (κ3) is 4.56. The first-order valence-corrected chi connectivity index (χ1v) is 15.0. The van der Waals surface area contributed by atoms with E-state index in [1.54, 1.807) is 12.6 Å². The molecule has 3 saturated carbocycles. The number of hydrogen-bond acceptors (Lipinski definition) is 3. The molecule has 1 saturated heterocycles. The predicted molar refractivity (Wildman–Crippen MR) is 143 cm³/mol. The molecule has 0 radical (unpaired) electrons. The lowest BCUT2D eigenvalue weighted by atomic mass is 9.47. The van der Waals surface area contributed by atoms with E-state index in [4.69, 9.17) is 0 Å². The Balaban J connectivity index is 1.18. The molecule has 0 unspecified atom stereocenters. The van der Waals surface area contributed by atoms with Crippen LogP contribution in [0.2, 0.25) is 0 Å². The standard InChI is InChI=1S/C31H50N2O3/c1-20(5-10-29(36)33-16-13-21(19-33)17-28(35)32-4)25-8-9-26-24-7-6-22-18-23(34)11-14-30(22,2)27(24)12-15-31(25,26)3/h6,20-21,23-27,34H,5,7-19H2,1-4H3,(H,32,35)/t20-,21+,23+,24+,25-,26+,27+,30+,31-/m1/s1. The van der Waals surface area contributed by atoms with Gasteiger partial charge in [0, 0.05) is 33.0 Å². The number of nitrogens with zero attached hydrogens (tertiary/aromatic N) is 1. The predicted octanol–water partition coefficient (Wildman–Crippen LogP) is 5.33. The van der Waals surface area contributed by atoms with Crippen LogP contribution in [0, 0.1) is 46.3 Å². The van der Waals surface area contributed by atoms with Gasteiger partial charge in [0.2, 0.25) is 11.8 Å². The van der Waals surface area contributed by atoms with Crippen molar-refractivity contribution in [2.45, 2.75) is 104 Å². The molecule has 202 valence electrons. The Kier molecular flexibility index (Phi) is 7.35. The fourth-order valence-corrected chi connectivity index (χ4v) is 9.92. The smallest absolute Gasteiger partial charge is 0.222 e. The SMILES string of the molecule is CNC(=O)C[C@@H]1CCN(C(=O)CC[C@@H](C)[C@H]2CC[C@H]3[C@@H]4CC=C5C[C@@H](O)CC[C@]5(C)[C@H]4CC[C@]23C)C1. The molecule has 0 aromatic carbocycles. The first-order valence-electron chi connectivity index (χ1n) is 15.0. The van der Waals surface area contributed by atoms with Crippen LogP contribution in [0.3, 0.4) is 0 Å². The monoisotopic (exact) mass is 498 g/mol. The van der Waals surface area contributed by atoms with E-state index < -0.39 is 0 Å². The Hall–Kier alpha value is -1.36. The molecule has 0 spiro atoms. The van der Waals surface area contributed by atoms with Gasteiger partial charge in [-0.25, -0.2) is 0 Å². The molecule has 5 rings (SSSR count). The van der Waals surface area contributed by atoms with Crippen LogP contribution in [0.15, 0.2) is 11.6 Å². The van der Waals surface area contributed by atoms with Gasteiger partial charge in [-0.3, -0.25) is 9.59 Å². The molecule has 2 amide bonds. The zero-order chi connectivity index (χ0) is 25.7. The Labute approximate surface area is 218 Å². The minimum Gasteiger partial charge on any atom is -0.393 e. The van der Waals surface area contributed by atoms with E-state index in [1.807, 2.05) is 4.90 Å². The lowest BCUT2D eigenvalue weighted by Gasteiger charge is -2.58. The minimum atomic E-state index is -0.128. The van der Waals surface area contributed by atoms with E-state index in [2.05, 4.69) is 32.2 Å². The average molecular weight is 499 g/mol. The minimum absolute atomic E-state index is 0.0847. The molecule has 5 aliphatic rings. The second-order valence-corrected chi connectivity index (χ2v) is 13.8. The topological polar surface area (TPSA) is 69.6 Å². The van der Waals surface area contributed by atoms with Crippen LogP contribution in [0.4, 0.5) is 0 Å². The molecule has 0 aromatic heterocycles. The molecule has 1 heterocycles. The van der Waals surface area contributed by atoms with Crippen molar-refractivity contribution >= 4 is 11.8 Å². The van der Waals surface area contributed by atoms with Crippen molar-refractivity contribution in [1.29, 1.82) is 0 Å². The van der Waals surface area contributed by atoms with Gasteiger partial charge < -0.3 is 15.3 Å². The van der Waals surface area contributed by atoms with Crippen LogP contribution in [0.1, 0.15) is 97.8 Å². The summed E-state index contributed by atoms with van der Waals surface area (Å²) in [5, 5.41) is 13.0. The summed E-state index contributed by atoms with van der Waals surface area (Å²) < 4.78 is 0. The molecule has 1 aliphatic heterocycles. The van der Waals surface area contributed by atoms with E-state index in [0.29, 0.717) is 41.4 Å². The molecule has 2 N–H and O–H groups in total. The highest BCUT2D eigenvalue weighted by molar-refractivity contribution is 5.77. The second-order valence-electron chi connectivity index (χ2n) is 13.8. The van der Waals surface area contributed by atoms with E-state index in [0.717, 1.165) is 68.9 Å². The molecular weight excluding hydrogens is 448 g/mol. The van der Waals surface area contributed by atoms with Crippen molar-refractivity contribution < 1.29 is 14.7 Å². The van der Waals surface area contributed by atoms with Crippen LogP contribution >= 0.6 is 0 Å². The number of aliphatic hydroxyl groups is 1. The summed E-state index contributed by atoms with van der Waals surface area (Å²) in [6.45, 7) is 9.09. The molecular formula is C31H50N2O3. The second kappa shape index (κ2) is 10.1. The van der Waals surface area contributed by atoms with Crippen LogP contribution in [-0.4, -0.2) is 48.1 Å². The number of fused-ring (bicyclic) bond motifs is 5. The van der Waals surface area contributed by atoms with E-state index >= 15 is 0 Å². The summed E-state index contributed by atoms with van der Waals surface area (Å²) in [5.74, 6) is 4.40. The maximum absolute atomic E-state index is 13.0. The largest absolute Gasteiger partial charge is 0.393 e. The van der Waals surface area contributed by atoms with Crippen LogP contribution in [-0.2, 0) is 9.59 Å². The van der Waals surface area contributed by atoms with Crippen molar-refractivity contribution in [3.8, 4) is 0 Å². The summed E-state index contributed by atoms with van der Waals surface area (Å²) in [6.07, 6.45) is 15.2. The summed E-state index contributed by atoms with van der Waals surface area (Å²) >= 11 is 0. The fourth-order valence-electron chi connectivity index (χ4n) is 9.92. The van der Waals surface area contributed by atoms with Crippen LogP contribution in [0.5, 0.6) is 0 Å². The summed E-state index contributed by atoms with van der Waals surface area (Å²) in [5.41, 5.74) is 2.28. The molecule has 5 nitrogen and oxygen atoms in total. The summed E-state index contributed by atoms with van der Waals surface area (Å²) in [7, 11) is 1.69. The third-order valence-corrected chi connectivity index (χ3v) is 12.0. The number of aliphatic hydroxyl groups excluding tert-OH is 1. The number of allylic oxidation sites excluding steroid dienone is 1. The highest BCUT2D eigenvalue weighted by Crippen LogP contribution is 2.67. The quantitative estimate of drug-likeness (QED) is 0.487. The van der Waals surface area contributed by atoms with Crippen molar-refractivity contribution in [3.05, 3.63) is 11.6 Å². The Morgan fingerprint density at radius 1 is 1.14 bits per heavy atom. The summed E-state index contributed by atoms with van der Waals surface area (Å²) in [4.78, 5) is 26.7. The number of rotatable bonds is 6. The van der Waals surface area contributed by atoms with E-state index in [9.17, 15) is 14.7 Å². The van der Waals surface area contributed by atoms with Gasteiger partial charge in [0.15, 0.2) is 0 Å². The van der Waals surface area contributed by atoms with E-state index in [1.165, 1.54) is 32.1 Å². The van der Waals surface area contributed by atoms with E-state index in [-0.39, 0.29) is 12.0 Å². The molecule has 5 heteroatoms. The van der Waals surface area contributed by atoms with Crippen LogP contribution < -0.4 is 5.32 Å². The lowest BCUT2D eigenvalue weighted by Crippen LogP contribution is -2.50. The van der Waals surface area contributed by atoms with Crippen molar-refractivity contribution in [3.63, 3.8) is 0 Å². The number of carbonyl (C=O) groups excluding carboxylic acids is 2. The highest BCUT2D eigenvalue weighted by Gasteiger charge is 2.59. The van der Waals surface area contributed by atoms with Crippen molar-refractivity contribution in [2.24, 2.45) is 46.3 Å². The van der Waals surface area contributed by atoms with Gasteiger partial charge >= 0.3 is 0 Å². The van der Waals surface area contributed by atoms with Gasteiger partial charge in [-0.2, -0.15) is 0 Å². The fraction of sp³-hybridized carbons (Fsp3) is 0.871. The lowest BCUT2D eigenvalue weighted by molar-refractivity contribution is -0.131. The first-order chi connectivity index (χ1) is 17.2. The average Bonchev–Trinajstić information content (AvgIpc) is 3.46. The van der Waals surface area contributed by atoms with Gasteiger partial charge in [0.1, 0.15) is 0 Å². The molecule has 0 bridgehead atoms. The van der Waals surface area contributed by atoms with Gasteiger partial charge in [-0.1, -0.05) is 32.4 Å². The van der Waals surface area contributed by atoms with Crippen molar-refractivity contribution in [1.82, 2.24) is 10.2 Å². The number of hydrogen-bond donors (Lipinski definition) is 2. The van der Waals surface area contributed by atoms with Gasteiger partial charge in [0.25, 0.3) is 0 Å². The zero-order valence-corrected chi connectivity index (χ0v) is 23.2. The molecule has 4 aliphatic carbocycles. The number of likely N-dealkylation sites (tertiary alicyclic amines) is 1. The highest BCUT2D eigenvalue weighted by atomic mass is 16.3. The summed E-state index contributed by atoms with van der Waals surface area (Å²) in [6, 6.07) is 0. The van der Waals surface area contributed by atoms with Gasteiger partial charge in [-0.05, 0) is 111 Å². The number of carbonyl (C=O) groups is 2. The molecule has 0 aromatic rings. The normalized spacial score (nSPS) is 42.7. The maximum atomic E-state index is 13.0. The maximum Gasteiger partial charge on any atom is 0.222 e. The third-order valence-electron chi connectivity index (χ3n) is 12.0. The zero-order valence-electron chi connectivity index (χ0n) is 23.2. The van der Waals surface area contributed by atoms with Gasteiger partial charge in [0.05, 0.1) is 6.10 Å². The molecule has 9 atom stereocenters. The van der Waals surface area contributed by atoms with Crippen LogP contribution in [0.25, 0.3) is 0 Å². The Morgan fingerprint density at radius 2 is 1.94 bits per heavy atom. The molecule has 36 heavy (non-hydrogen) atoms.